The van der Waals surface area contributed by atoms with Gasteiger partial charge in [-0.05, 0) is 70.6 Å². The largest absolute Gasteiger partial charge is 0.394 e. The summed E-state index contributed by atoms with van der Waals surface area (Å²) in [5, 5.41) is 87.7. The van der Waals surface area contributed by atoms with Crippen molar-refractivity contribution in [3.63, 3.8) is 0 Å². The summed E-state index contributed by atoms with van der Waals surface area (Å²) in [6, 6.07) is -0.921. The molecule has 2 saturated heterocycles. The van der Waals surface area contributed by atoms with E-state index in [1.807, 2.05) is 6.08 Å². The Bertz CT molecular complexity index is 1900. The van der Waals surface area contributed by atoms with Crippen LogP contribution in [0.4, 0.5) is 0 Å². The molecule has 2 rings (SSSR count). The maximum Gasteiger partial charge on any atom is 0.220 e. The van der Waals surface area contributed by atoms with E-state index < -0.39 is 86.8 Å². The number of hydrogen-bond acceptors (Lipinski definition) is 13. The van der Waals surface area contributed by atoms with Gasteiger partial charge >= 0.3 is 0 Å². The number of amides is 1. The SMILES string of the molecule is CC/C=C\C/C=C\C/C=C\C/C=C\C/C=C\C/C=C\CCCCCCCCCCCCCCCCC(=O)NC(COC1OC(CO)C(OC2OC(CO)C(O)C(O)C2O)C(O)C1O)C(O)/C=C/CCCCCCCCCCCCCCCCCCCCCCCCCCC. The minimum absolute atomic E-state index is 0.238. The van der Waals surface area contributed by atoms with Crippen molar-refractivity contribution in [1.29, 1.82) is 0 Å². The predicted octanol–water partition coefficient (Wildman–Crippen LogP) is 17.1. The fraction of sp³-hybridized carbons (Fsp3) is 0.812. The Labute approximate surface area is 573 Å². The van der Waals surface area contributed by atoms with E-state index in [4.69, 9.17) is 18.9 Å². The summed E-state index contributed by atoms with van der Waals surface area (Å²) in [5.41, 5.74) is 0. The molecule has 12 atom stereocenters. The predicted molar refractivity (Wildman–Crippen MR) is 387 cm³/mol. The quantitative estimate of drug-likeness (QED) is 0.0204. The van der Waals surface area contributed by atoms with Crippen LogP contribution in [0.1, 0.15) is 322 Å². The summed E-state index contributed by atoms with van der Waals surface area (Å²) < 4.78 is 22.9. The maximum atomic E-state index is 13.4. The molecule has 1 amide bonds. The van der Waals surface area contributed by atoms with E-state index in [1.54, 1.807) is 6.08 Å². The lowest BCUT2D eigenvalue weighted by atomic mass is 9.97. The standard InChI is InChI=1S/C80H143NO13/c1-3-5-7-9-11-13-15-17-19-21-23-25-27-29-31-32-33-34-35-36-38-40-42-44-46-48-50-52-54-56-58-60-62-64-72(85)81-68(67-91-79-77(90)75(88)78(71(66-83)93-79)94-80-76(89)74(87)73(86)70(65-82)92-80)69(84)63-61-59-57-55-53-51-49-47-45-43-41-39-37-30-28-26-24-22-20-18-16-14-12-10-8-6-4-2/h5,7,11,13,17,19,23,25,29,31,33-34,61,63,68-71,73-80,82-84,86-90H,3-4,6,8-10,12,14-16,18,20-22,24,26-28,30,32,35-60,62,64-67H2,1-2H3,(H,81,85)/b7-5-,13-11-,19-17-,25-23-,31-29-,34-33-,63-61+. The summed E-state index contributed by atoms with van der Waals surface area (Å²) >= 11 is 0. The number of carbonyl (C=O) groups is 1. The van der Waals surface area contributed by atoms with Crippen LogP contribution in [0.5, 0.6) is 0 Å². The molecule has 94 heavy (non-hydrogen) atoms. The summed E-state index contributed by atoms with van der Waals surface area (Å²) in [7, 11) is 0. The Morgan fingerprint density at radius 1 is 0.394 bits per heavy atom. The lowest BCUT2D eigenvalue weighted by molar-refractivity contribution is -0.359. The molecule has 0 aliphatic carbocycles. The zero-order valence-electron chi connectivity index (χ0n) is 59.7. The Morgan fingerprint density at radius 3 is 1.13 bits per heavy atom. The number of aliphatic hydroxyl groups excluding tert-OH is 8. The van der Waals surface area contributed by atoms with E-state index in [-0.39, 0.29) is 18.9 Å². The van der Waals surface area contributed by atoms with Crippen molar-refractivity contribution in [2.24, 2.45) is 0 Å². The van der Waals surface area contributed by atoms with E-state index in [2.05, 4.69) is 92.1 Å². The zero-order valence-corrected chi connectivity index (χ0v) is 59.7. The molecule has 9 N–H and O–H groups in total. The number of nitrogens with one attached hydrogen (secondary N) is 1. The summed E-state index contributed by atoms with van der Waals surface area (Å²) in [4.78, 5) is 13.4. The first-order valence-corrected chi connectivity index (χ1v) is 38.8. The molecule has 2 aliphatic heterocycles. The van der Waals surface area contributed by atoms with Crippen molar-refractivity contribution in [3.05, 3.63) is 85.1 Å². The van der Waals surface area contributed by atoms with E-state index in [9.17, 15) is 45.6 Å². The number of hydrogen-bond donors (Lipinski definition) is 9. The molecule has 0 spiro atoms. The third kappa shape index (κ3) is 46.4. The van der Waals surface area contributed by atoms with Crippen molar-refractivity contribution in [2.75, 3.05) is 19.8 Å². The Morgan fingerprint density at radius 2 is 0.734 bits per heavy atom. The van der Waals surface area contributed by atoms with Gasteiger partial charge in [0.25, 0.3) is 0 Å². The third-order valence-corrected chi connectivity index (χ3v) is 18.6. The van der Waals surface area contributed by atoms with Crippen LogP contribution >= 0.6 is 0 Å². The van der Waals surface area contributed by atoms with E-state index in [1.165, 1.54) is 218 Å². The van der Waals surface area contributed by atoms with Crippen molar-refractivity contribution < 1.29 is 64.6 Å². The molecule has 0 saturated carbocycles. The Kier molecular flexibility index (Phi) is 59.0. The number of unbranched alkanes of at least 4 members (excludes halogenated alkanes) is 39. The third-order valence-electron chi connectivity index (χ3n) is 18.6. The molecular formula is C80H143NO13. The number of ether oxygens (including phenoxy) is 4. The molecule has 12 unspecified atom stereocenters. The minimum Gasteiger partial charge on any atom is -0.394 e. The highest BCUT2D eigenvalue weighted by Crippen LogP contribution is 2.30. The first-order chi connectivity index (χ1) is 46.1. The molecule has 0 aromatic rings. The van der Waals surface area contributed by atoms with Gasteiger partial charge in [-0.2, -0.15) is 0 Å². The Hall–Kier alpha value is -2.83. The van der Waals surface area contributed by atoms with E-state index >= 15 is 0 Å². The fourth-order valence-electron chi connectivity index (χ4n) is 12.5. The van der Waals surface area contributed by atoms with Crippen molar-refractivity contribution in [1.82, 2.24) is 5.32 Å². The number of aliphatic hydroxyl groups is 8. The van der Waals surface area contributed by atoms with Gasteiger partial charge < -0.3 is 65.1 Å². The molecule has 2 aliphatic rings. The van der Waals surface area contributed by atoms with Crippen LogP contribution in [0.2, 0.25) is 0 Å². The van der Waals surface area contributed by atoms with E-state index in [0.29, 0.717) is 6.42 Å². The first-order valence-electron chi connectivity index (χ1n) is 38.8. The lowest BCUT2D eigenvalue weighted by Crippen LogP contribution is -2.65. The first kappa shape index (κ1) is 87.3. The number of carbonyl (C=O) groups excluding carboxylic acids is 1. The fourth-order valence-corrected chi connectivity index (χ4v) is 12.5. The van der Waals surface area contributed by atoms with Crippen LogP contribution in [0.15, 0.2) is 85.1 Å². The molecule has 546 valence electrons. The van der Waals surface area contributed by atoms with Gasteiger partial charge in [-0.1, -0.05) is 330 Å². The van der Waals surface area contributed by atoms with E-state index in [0.717, 1.165) is 77.0 Å². The van der Waals surface area contributed by atoms with Crippen molar-refractivity contribution in [3.8, 4) is 0 Å². The van der Waals surface area contributed by atoms with Crippen LogP contribution in [-0.2, 0) is 23.7 Å². The number of rotatable bonds is 64. The highest BCUT2D eigenvalue weighted by Gasteiger charge is 2.51. The molecular weight excluding hydrogens is 1180 g/mol. The van der Waals surface area contributed by atoms with Crippen LogP contribution in [0.3, 0.4) is 0 Å². The van der Waals surface area contributed by atoms with Gasteiger partial charge in [-0.3, -0.25) is 4.79 Å². The average molecular weight is 1330 g/mol. The van der Waals surface area contributed by atoms with Gasteiger partial charge in [0.15, 0.2) is 12.6 Å². The van der Waals surface area contributed by atoms with Crippen molar-refractivity contribution in [2.45, 2.75) is 396 Å². The summed E-state index contributed by atoms with van der Waals surface area (Å²) in [5.74, 6) is -0.238. The lowest BCUT2D eigenvalue weighted by Gasteiger charge is -2.46. The van der Waals surface area contributed by atoms with Gasteiger partial charge in [0.05, 0.1) is 32.0 Å². The van der Waals surface area contributed by atoms with Gasteiger partial charge in [0.2, 0.25) is 5.91 Å². The monoisotopic (exact) mass is 1330 g/mol. The van der Waals surface area contributed by atoms with Gasteiger partial charge in [-0.25, -0.2) is 0 Å². The van der Waals surface area contributed by atoms with Crippen LogP contribution < -0.4 is 5.32 Å². The molecule has 14 nitrogen and oxygen atoms in total. The topological polar surface area (TPSA) is 228 Å². The van der Waals surface area contributed by atoms with Crippen LogP contribution in [0, 0.1) is 0 Å². The molecule has 14 heteroatoms. The normalized spacial score (nSPS) is 22.9. The molecule has 0 bridgehead atoms. The second-order valence-electron chi connectivity index (χ2n) is 27.1. The van der Waals surface area contributed by atoms with Gasteiger partial charge in [0, 0.05) is 6.42 Å². The second kappa shape index (κ2) is 63.6. The molecule has 2 heterocycles. The minimum atomic E-state index is -1.79. The molecule has 0 aromatic carbocycles. The summed E-state index contributed by atoms with van der Waals surface area (Å²) in [6.45, 7) is 2.73. The summed E-state index contributed by atoms with van der Waals surface area (Å²) in [6.07, 6.45) is 72.2. The number of allylic oxidation sites excluding steroid dienone is 13. The van der Waals surface area contributed by atoms with Gasteiger partial charge in [0.1, 0.15) is 48.8 Å². The van der Waals surface area contributed by atoms with Crippen LogP contribution in [-0.4, -0.2) is 140 Å². The molecule has 0 aromatic heterocycles. The maximum absolute atomic E-state index is 13.4. The average Bonchev–Trinajstić information content (AvgIpc) is 0.794. The second-order valence-corrected chi connectivity index (χ2v) is 27.1. The highest BCUT2D eigenvalue weighted by atomic mass is 16.7. The molecule has 0 radical (unpaired) electrons. The Balaban J connectivity index is 1.64. The highest BCUT2D eigenvalue weighted by molar-refractivity contribution is 5.76. The van der Waals surface area contributed by atoms with Gasteiger partial charge in [-0.15, -0.1) is 0 Å². The zero-order chi connectivity index (χ0) is 68.0. The van der Waals surface area contributed by atoms with Crippen LogP contribution in [0.25, 0.3) is 0 Å². The van der Waals surface area contributed by atoms with Crippen molar-refractivity contribution >= 4 is 5.91 Å². The molecule has 2 fully saturated rings. The smallest absolute Gasteiger partial charge is 0.220 e.